The minimum atomic E-state index is -3.52. The lowest BCUT2D eigenvalue weighted by Gasteiger charge is -2.19. The largest absolute Gasteiger partial charge is 0.422 e. The molecule has 3 aromatic carbocycles. The van der Waals surface area contributed by atoms with Crippen LogP contribution in [0.4, 0.5) is 5.69 Å². The number of benzene rings is 3. The summed E-state index contributed by atoms with van der Waals surface area (Å²) in [4.78, 5) is 12.7. The average Bonchev–Trinajstić information content (AvgIpc) is 2.63. The van der Waals surface area contributed by atoms with Crippen molar-refractivity contribution in [1.29, 1.82) is 0 Å². The van der Waals surface area contributed by atoms with Crippen LogP contribution in [0.1, 0.15) is 10.4 Å². The molecule has 5 nitrogen and oxygen atoms in total. The molecule has 0 atom stereocenters. The van der Waals surface area contributed by atoms with Crippen LogP contribution in [0.15, 0.2) is 60.7 Å². The summed E-state index contributed by atoms with van der Waals surface area (Å²) in [6.45, 7) is 0. The van der Waals surface area contributed by atoms with Gasteiger partial charge in [-0.15, -0.1) is 0 Å². The molecule has 7 heteroatoms. The summed E-state index contributed by atoms with van der Waals surface area (Å²) in [6, 6.07) is 17.0. The Morgan fingerprint density at radius 2 is 1.58 bits per heavy atom. The van der Waals surface area contributed by atoms with Crippen molar-refractivity contribution in [1.82, 2.24) is 0 Å². The number of para-hydroxylation sites is 1. The van der Waals surface area contributed by atoms with Gasteiger partial charge in [0, 0.05) is 22.8 Å². The zero-order valence-electron chi connectivity index (χ0n) is 14.1. The van der Waals surface area contributed by atoms with Crippen LogP contribution in [0.25, 0.3) is 10.8 Å². The molecule has 0 saturated heterocycles. The Labute approximate surface area is 156 Å². The van der Waals surface area contributed by atoms with Crippen molar-refractivity contribution in [2.75, 3.05) is 17.6 Å². The number of ether oxygens (including phenoxy) is 1. The highest BCUT2D eigenvalue weighted by Gasteiger charge is 2.21. The molecule has 0 aromatic heterocycles. The van der Waals surface area contributed by atoms with Gasteiger partial charge in [0.05, 0.1) is 17.5 Å². The van der Waals surface area contributed by atoms with Crippen LogP contribution in [0.5, 0.6) is 5.75 Å². The second-order valence-electron chi connectivity index (χ2n) is 5.73. The van der Waals surface area contributed by atoms with E-state index in [2.05, 4.69) is 0 Å². The molecule has 0 heterocycles. The minimum absolute atomic E-state index is 0.152. The summed E-state index contributed by atoms with van der Waals surface area (Å²) in [5.74, 6) is -0.296. The number of carbonyl (C=O) groups excluding carboxylic acids is 1. The molecule has 0 bridgehead atoms. The Hall–Kier alpha value is -2.57. The van der Waals surface area contributed by atoms with E-state index in [-0.39, 0.29) is 11.3 Å². The second kappa shape index (κ2) is 6.97. The van der Waals surface area contributed by atoms with E-state index < -0.39 is 16.0 Å². The highest BCUT2D eigenvalue weighted by molar-refractivity contribution is 7.92. The second-order valence-corrected chi connectivity index (χ2v) is 8.15. The van der Waals surface area contributed by atoms with Gasteiger partial charge in [-0.05, 0) is 24.3 Å². The fraction of sp³-hybridized carbons (Fsp3) is 0.105. The summed E-state index contributed by atoms with van der Waals surface area (Å²) in [5, 5.41) is 2.01. The lowest BCUT2D eigenvalue weighted by atomic mass is 10.1. The number of esters is 1. The number of fused-ring (bicyclic) bond motifs is 1. The van der Waals surface area contributed by atoms with E-state index in [1.54, 1.807) is 36.4 Å². The van der Waals surface area contributed by atoms with Crippen molar-refractivity contribution in [3.05, 3.63) is 71.2 Å². The summed E-state index contributed by atoms with van der Waals surface area (Å²) >= 11 is 6.19. The van der Waals surface area contributed by atoms with E-state index >= 15 is 0 Å². The van der Waals surface area contributed by atoms with Crippen LogP contribution in [0.2, 0.25) is 5.02 Å². The molecule has 0 N–H and O–H groups in total. The molecule has 0 amide bonds. The SMILES string of the molecule is CN(c1ccccc1C(=O)Oc1ccc(Cl)c2ccccc12)S(C)(=O)=O. The number of halogens is 1. The molecule has 0 radical (unpaired) electrons. The van der Waals surface area contributed by atoms with Gasteiger partial charge in [-0.1, -0.05) is 48.0 Å². The number of anilines is 1. The van der Waals surface area contributed by atoms with Gasteiger partial charge in [0.2, 0.25) is 10.0 Å². The summed E-state index contributed by atoms with van der Waals surface area (Å²) in [5.41, 5.74) is 0.401. The first-order valence-electron chi connectivity index (χ1n) is 7.71. The van der Waals surface area contributed by atoms with Crippen molar-refractivity contribution in [3.63, 3.8) is 0 Å². The first-order valence-corrected chi connectivity index (χ1v) is 9.94. The Balaban J connectivity index is 2.02. The van der Waals surface area contributed by atoms with Crippen LogP contribution in [0, 0.1) is 0 Å². The first-order chi connectivity index (χ1) is 12.3. The quantitative estimate of drug-likeness (QED) is 0.497. The molecular weight excluding hydrogens is 374 g/mol. The molecule has 0 saturated carbocycles. The molecule has 0 fully saturated rings. The van der Waals surface area contributed by atoms with Crippen molar-refractivity contribution in [2.24, 2.45) is 0 Å². The normalized spacial score (nSPS) is 11.3. The first kappa shape index (κ1) is 18.2. The zero-order valence-corrected chi connectivity index (χ0v) is 15.7. The Kier molecular flexibility index (Phi) is 4.89. The molecule has 0 aliphatic rings. The molecular formula is C19H16ClNO4S. The summed E-state index contributed by atoms with van der Waals surface area (Å²) in [6.07, 6.45) is 1.07. The predicted octanol–water partition coefficient (Wildman–Crippen LogP) is 4.11. The zero-order chi connectivity index (χ0) is 18.9. The van der Waals surface area contributed by atoms with E-state index in [0.717, 1.165) is 15.9 Å². The summed E-state index contributed by atoms with van der Waals surface area (Å²) < 4.78 is 30.3. The Morgan fingerprint density at radius 3 is 2.27 bits per heavy atom. The Bertz CT molecular complexity index is 1100. The maximum Gasteiger partial charge on any atom is 0.345 e. The molecule has 3 aromatic rings. The lowest BCUT2D eigenvalue weighted by Crippen LogP contribution is -2.27. The van der Waals surface area contributed by atoms with E-state index in [1.807, 2.05) is 18.2 Å². The minimum Gasteiger partial charge on any atom is -0.422 e. The number of sulfonamides is 1. The number of carbonyl (C=O) groups is 1. The molecule has 0 aliphatic carbocycles. The van der Waals surface area contributed by atoms with Gasteiger partial charge >= 0.3 is 5.97 Å². The third kappa shape index (κ3) is 3.52. The van der Waals surface area contributed by atoms with Gasteiger partial charge < -0.3 is 4.74 Å². The number of hydrogen-bond donors (Lipinski definition) is 0. The fourth-order valence-electron chi connectivity index (χ4n) is 2.58. The van der Waals surface area contributed by atoms with Crippen LogP contribution in [0.3, 0.4) is 0 Å². The summed E-state index contributed by atoms with van der Waals surface area (Å²) in [7, 11) is -2.13. The fourth-order valence-corrected chi connectivity index (χ4v) is 3.32. The maximum atomic E-state index is 12.7. The van der Waals surface area contributed by atoms with E-state index in [0.29, 0.717) is 16.2 Å². The molecule has 3 rings (SSSR count). The maximum absolute atomic E-state index is 12.7. The highest BCUT2D eigenvalue weighted by atomic mass is 35.5. The predicted molar refractivity (Wildman–Crippen MR) is 104 cm³/mol. The van der Waals surface area contributed by atoms with Crippen LogP contribution in [-0.4, -0.2) is 27.7 Å². The number of rotatable bonds is 4. The van der Waals surface area contributed by atoms with Gasteiger partial charge in [-0.3, -0.25) is 4.31 Å². The number of nitrogens with zero attached hydrogens (tertiary/aromatic N) is 1. The number of hydrogen-bond acceptors (Lipinski definition) is 4. The molecule has 26 heavy (non-hydrogen) atoms. The van der Waals surface area contributed by atoms with Crippen molar-refractivity contribution in [3.8, 4) is 5.75 Å². The van der Waals surface area contributed by atoms with Crippen molar-refractivity contribution < 1.29 is 17.9 Å². The van der Waals surface area contributed by atoms with Gasteiger partial charge in [0.25, 0.3) is 0 Å². The van der Waals surface area contributed by atoms with Crippen molar-refractivity contribution >= 4 is 44.1 Å². The molecule has 0 unspecified atom stereocenters. The standard InChI is InChI=1S/C19H16ClNO4S/c1-21(26(2,23)24)17-10-6-5-9-15(17)19(22)25-18-12-11-16(20)13-7-3-4-8-14(13)18/h3-12H,1-2H3. The highest BCUT2D eigenvalue weighted by Crippen LogP contribution is 2.32. The van der Waals surface area contributed by atoms with Crippen LogP contribution >= 0.6 is 11.6 Å². The third-order valence-corrected chi connectivity index (χ3v) is 5.52. The van der Waals surface area contributed by atoms with Gasteiger partial charge in [-0.25, -0.2) is 13.2 Å². The van der Waals surface area contributed by atoms with Crippen molar-refractivity contribution in [2.45, 2.75) is 0 Å². The van der Waals surface area contributed by atoms with Crippen LogP contribution < -0.4 is 9.04 Å². The van der Waals surface area contributed by atoms with Gasteiger partial charge in [0.15, 0.2) is 0 Å². The van der Waals surface area contributed by atoms with E-state index in [4.69, 9.17) is 16.3 Å². The van der Waals surface area contributed by atoms with Crippen LogP contribution in [-0.2, 0) is 10.0 Å². The molecule has 134 valence electrons. The third-order valence-electron chi connectivity index (χ3n) is 3.99. The topological polar surface area (TPSA) is 63.7 Å². The monoisotopic (exact) mass is 389 g/mol. The lowest BCUT2D eigenvalue weighted by molar-refractivity contribution is 0.0738. The molecule has 0 aliphatic heterocycles. The van der Waals surface area contributed by atoms with E-state index in [1.165, 1.54) is 13.1 Å². The van der Waals surface area contributed by atoms with Gasteiger partial charge in [-0.2, -0.15) is 0 Å². The van der Waals surface area contributed by atoms with E-state index in [9.17, 15) is 13.2 Å². The molecule has 0 spiro atoms. The van der Waals surface area contributed by atoms with Gasteiger partial charge in [0.1, 0.15) is 5.75 Å². The smallest absolute Gasteiger partial charge is 0.345 e. The average molecular weight is 390 g/mol. The Morgan fingerprint density at radius 1 is 0.962 bits per heavy atom.